The topological polar surface area (TPSA) is 145 Å². The summed E-state index contributed by atoms with van der Waals surface area (Å²) in [5, 5.41) is 32.2. The summed E-state index contributed by atoms with van der Waals surface area (Å²) in [7, 11) is 4.42. The number of carbonyl (C=O) groups is 1. The van der Waals surface area contributed by atoms with Gasteiger partial charge >= 0.3 is 0 Å². The van der Waals surface area contributed by atoms with Crippen LogP contribution in [0.1, 0.15) is 11.1 Å². The van der Waals surface area contributed by atoms with Crippen LogP contribution in [-0.4, -0.2) is 48.5 Å². The third kappa shape index (κ3) is 4.72. The van der Waals surface area contributed by atoms with Crippen LogP contribution in [0.4, 0.5) is 0 Å². The summed E-state index contributed by atoms with van der Waals surface area (Å²) in [5.74, 6) is -0.805. The Labute approximate surface area is 244 Å². The van der Waals surface area contributed by atoms with E-state index in [0.717, 1.165) is 6.08 Å². The van der Waals surface area contributed by atoms with Crippen LogP contribution < -0.4 is 19.6 Å². The number of hydrogen-bond donors (Lipinski definition) is 3. The van der Waals surface area contributed by atoms with Gasteiger partial charge in [0.15, 0.2) is 11.2 Å². The van der Waals surface area contributed by atoms with Crippen molar-refractivity contribution in [3.05, 3.63) is 106 Å². The van der Waals surface area contributed by atoms with Crippen molar-refractivity contribution in [1.82, 2.24) is 0 Å². The SMILES string of the molecule is COc1ccc(C2=CC(=O)C3C(O)=CC(O)=C(c4cc(-c5cc(=O)c6c(O)cc(OC)cc6o5)ccc4OC)C3O2)cc1. The predicted molar refractivity (Wildman–Crippen MR) is 157 cm³/mol. The molecule has 3 aromatic carbocycles. The van der Waals surface area contributed by atoms with Gasteiger partial charge < -0.3 is 38.7 Å². The molecule has 1 aromatic heterocycles. The molecule has 1 aliphatic heterocycles. The standard InChI is InChI=1S/C33H26O10/c1-39-18-7-4-16(5-8-18)27-15-25(38)32-23(36)13-22(35)30(33(32)43-27)20-10-17(6-9-26(20)41-3)28-14-24(37)31-21(34)11-19(40-2)12-29(31)42-28/h4-15,32-36H,1-3H3. The zero-order chi connectivity index (χ0) is 30.4. The number of ether oxygens (including phenoxy) is 4. The summed E-state index contributed by atoms with van der Waals surface area (Å²) in [5.41, 5.74) is 1.20. The molecule has 6 rings (SSSR count). The number of phenolic OH excluding ortho intramolecular Hbond substituents is 1. The fourth-order valence-corrected chi connectivity index (χ4v) is 5.36. The molecular formula is C33H26O10. The van der Waals surface area contributed by atoms with E-state index in [4.69, 9.17) is 23.4 Å². The number of benzene rings is 3. The normalized spacial score (nSPS) is 18.0. The number of fused-ring (bicyclic) bond motifs is 2. The Morgan fingerprint density at radius 2 is 1.49 bits per heavy atom. The molecule has 2 aliphatic rings. The maximum atomic E-state index is 13.3. The molecule has 0 bridgehead atoms. The van der Waals surface area contributed by atoms with E-state index in [-0.39, 0.29) is 45.3 Å². The Morgan fingerprint density at radius 3 is 2.19 bits per heavy atom. The van der Waals surface area contributed by atoms with Gasteiger partial charge in [0.05, 0.1) is 21.3 Å². The minimum atomic E-state index is -1.12. The van der Waals surface area contributed by atoms with E-state index in [9.17, 15) is 24.9 Å². The maximum absolute atomic E-state index is 13.3. The van der Waals surface area contributed by atoms with Gasteiger partial charge in [0.25, 0.3) is 0 Å². The van der Waals surface area contributed by atoms with E-state index in [1.807, 2.05) is 0 Å². The molecule has 4 aromatic rings. The van der Waals surface area contributed by atoms with Crippen molar-refractivity contribution >= 4 is 28.1 Å². The van der Waals surface area contributed by atoms with E-state index in [2.05, 4.69) is 0 Å². The quantitative estimate of drug-likeness (QED) is 0.265. The Balaban J connectivity index is 1.48. The molecule has 0 amide bonds. The lowest BCUT2D eigenvalue weighted by Gasteiger charge is -2.35. The smallest absolute Gasteiger partial charge is 0.197 e. The summed E-state index contributed by atoms with van der Waals surface area (Å²) in [6, 6.07) is 15.9. The summed E-state index contributed by atoms with van der Waals surface area (Å²) >= 11 is 0. The highest BCUT2D eigenvalue weighted by Gasteiger charge is 2.44. The molecule has 0 saturated heterocycles. The number of phenols is 1. The lowest BCUT2D eigenvalue weighted by atomic mass is 9.80. The van der Waals surface area contributed by atoms with Gasteiger partial charge in [0, 0.05) is 52.6 Å². The van der Waals surface area contributed by atoms with Crippen molar-refractivity contribution in [3.63, 3.8) is 0 Å². The molecule has 2 atom stereocenters. The number of aliphatic hydroxyl groups excluding tert-OH is 2. The first-order valence-corrected chi connectivity index (χ1v) is 13.2. The number of ketones is 1. The molecule has 0 spiro atoms. The molecule has 218 valence electrons. The maximum Gasteiger partial charge on any atom is 0.197 e. The van der Waals surface area contributed by atoms with E-state index in [1.54, 1.807) is 49.6 Å². The van der Waals surface area contributed by atoms with Gasteiger partial charge in [-0.3, -0.25) is 9.59 Å². The summed E-state index contributed by atoms with van der Waals surface area (Å²) < 4.78 is 28.3. The molecule has 10 nitrogen and oxygen atoms in total. The molecule has 2 unspecified atom stereocenters. The second kappa shape index (κ2) is 10.6. The Bertz CT molecular complexity index is 1930. The lowest BCUT2D eigenvalue weighted by molar-refractivity contribution is -0.121. The molecule has 10 heteroatoms. The van der Waals surface area contributed by atoms with E-state index < -0.39 is 23.2 Å². The number of hydrogen-bond acceptors (Lipinski definition) is 10. The molecule has 3 N–H and O–H groups in total. The molecule has 0 fully saturated rings. The van der Waals surface area contributed by atoms with Gasteiger partial charge in [-0.05, 0) is 42.5 Å². The lowest BCUT2D eigenvalue weighted by Crippen LogP contribution is -2.38. The zero-order valence-electron chi connectivity index (χ0n) is 23.3. The van der Waals surface area contributed by atoms with E-state index >= 15 is 0 Å². The zero-order valence-corrected chi connectivity index (χ0v) is 23.3. The number of rotatable bonds is 6. The van der Waals surface area contributed by atoms with Crippen molar-refractivity contribution in [1.29, 1.82) is 0 Å². The molecule has 0 radical (unpaired) electrons. The van der Waals surface area contributed by atoms with Crippen LogP contribution >= 0.6 is 0 Å². The van der Waals surface area contributed by atoms with Gasteiger partial charge in [-0.2, -0.15) is 0 Å². The highest BCUT2D eigenvalue weighted by molar-refractivity contribution is 6.03. The highest BCUT2D eigenvalue weighted by Crippen LogP contribution is 2.45. The second-order valence-corrected chi connectivity index (χ2v) is 9.93. The van der Waals surface area contributed by atoms with Crippen molar-refractivity contribution in [2.24, 2.45) is 5.92 Å². The fraction of sp³-hybridized carbons (Fsp3) is 0.152. The van der Waals surface area contributed by atoms with Crippen LogP contribution in [0.15, 0.2) is 93.5 Å². The number of aliphatic hydroxyl groups is 2. The van der Waals surface area contributed by atoms with Crippen molar-refractivity contribution in [2.45, 2.75) is 6.10 Å². The van der Waals surface area contributed by atoms with E-state index in [0.29, 0.717) is 33.9 Å². The van der Waals surface area contributed by atoms with Crippen LogP contribution in [0.3, 0.4) is 0 Å². The van der Waals surface area contributed by atoms with Crippen molar-refractivity contribution < 1.29 is 43.5 Å². The van der Waals surface area contributed by atoms with Gasteiger partial charge in [0.2, 0.25) is 0 Å². The fourth-order valence-electron chi connectivity index (χ4n) is 5.36. The third-order valence-corrected chi connectivity index (χ3v) is 7.47. The number of allylic oxidation sites excluding steroid dienone is 2. The first-order valence-electron chi connectivity index (χ1n) is 13.2. The van der Waals surface area contributed by atoms with Crippen LogP contribution in [0.5, 0.6) is 23.0 Å². The van der Waals surface area contributed by atoms with Crippen LogP contribution in [0, 0.1) is 5.92 Å². The van der Waals surface area contributed by atoms with Gasteiger partial charge in [-0.15, -0.1) is 0 Å². The first kappa shape index (κ1) is 27.5. The largest absolute Gasteiger partial charge is 0.511 e. The minimum Gasteiger partial charge on any atom is -0.511 e. The minimum absolute atomic E-state index is 0.00124. The number of aromatic hydroxyl groups is 1. The average Bonchev–Trinajstić information content (AvgIpc) is 3.00. The van der Waals surface area contributed by atoms with Gasteiger partial charge in [0.1, 0.15) is 69.0 Å². The van der Waals surface area contributed by atoms with Crippen molar-refractivity contribution in [2.75, 3.05) is 21.3 Å². The molecule has 0 saturated carbocycles. The van der Waals surface area contributed by atoms with Crippen molar-refractivity contribution in [3.8, 4) is 34.3 Å². The second-order valence-electron chi connectivity index (χ2n) is 9.93. The molecule has 43 heavy (non-hydrogen) atoms. The van der Waals surface area contributed by atoms with Crippen LogP contribution in [-0.2, 0) is 9.53 Å². The highest BCUT2D eigenvalue weighted by atomic mass is 16.5. The van der Waals surface area contributed by atoms with E-state index in [1.165, 1.54) is 38.5 Å². The summed E-state index contributed by atoms with van der Waals surface area (Å²) in [6.45, 7) is 0. The third-order valence-electron chi connectivity index (χ3n) is 7.47. The molecular weight excluding hydrogens is 556 g/mol. The Kier molecular flexibility index (Phi) is 6.81. The molecule has 2 heterocycles. The average molecular weight is 583 g/mol. The van der Waals surface area contributed by atoms with Gasteiger partial charge in [-0.25, -0.2) is 0 Å². The predicted octanol–water partition coefficient (Wildman–Crippen LogP) is 5.54. The Hall–Kier alpha value is -5.64. The first-order chi connectivity index (χ1) is 20.7. The molecule has 1 aliphatic carbocycles. The van der Waals surface area contributed by atoms with Gasteiger partial charge in [-0.1, -0.05) is 0 Å². The summed E-state index contributed by atoms with van der Waals surface area (Å²) in [4.78, 5) is 26.3. The monoisotopic (exact) mass is 582 g/mol. The summed E-state index contributed by atoms with van der Waals surface area (Å²) in [6.07, 6.45) is 1.31. The number of methoxy groups -OCH3 is 3. The Morgan fingerprint density at radius 1 is 0.767 bits per heavy atom. The van der Waals surface area contributed by atoms with Crippen LogP contribution in [0.25, 0.3) is 33.6 Å². The van der Waals surface area contributed by atoms with Crippen LogP contribution in [0.2, 0.25) is 0 Å². The number of carbonyl (C=O) groups excluding carboxylic acids is 1.